The number of amides is 4. The van der Waals surface area contributed by atoms with Gasteiger partial charge in [-0.3, -0.25) is 19.3 Å². The molecule has 10 heteroatoms. The maximum Gasteiger partial charge on any atom is 0.325 e. The lowest BCUT2D eigenvalue weighted by atomic mass is 9.88. The second-order valence-electron chi connectivity index (χ2n) is 7.99. The Labute approximate surface area is 191 Å². The molecule has 0 aliphatic carbocycles. The lowest BCUT2D eigenvalue weighted by Gasteiger charge is -2.26. The number of imide groups is 1. The third kappa shape index (κ3) is 4.62. The molecule has 0 spiro atoms. The maximum absolute atomic E-state index is 13.0. The Balaban J connectivity index is 1.78. The van der Waals surface area contributed by atoms with Gasteiger partial charge in [-0.25, -0.2) is 9.78 Å². The first-order chi connectivity index (χ1) is 15.2. The topological polar surface area (TPSA) is 115 Å². The van der Waals surface area contributed by atoms with E-state index in [4.69, 9.17) is 11.6 Å². The average molecular weight is 462 g/mol. The van der Waals surface area contributed by atoms with Crippen LogP contribution in [0.15, 0.2) is 23.0 Å². The van der Waals surface area contributed by atoms with E-state index in [1.165, 1.54) is 4.90 Å². The van der Waals surface area contributed by atoms with Crippen molar-refractivity contribution in [2.24, 2.45) is 0 Å². The highest BCUT2D eigenvalue weighted by Crippen LogP contribution is 2.28. The smallest absolute Gasteiger partial charge is 0.325 e. The second-order valence-corrected chi connectivity index (χ2v) is 8.42. The Kier molecular flexibility index (Phi) is 7.18. The zero-order chi connectivity index (χ0) is 23.5. The number of nitrogens with one attached hydrogen (secondary N) is 2. The highest BCUT2D eigenvalue weighted by atomic mass is 35.5. The number of urea groups is 1. The Morgan fingerprint density at radius 2 is 1.84 bits per heavy atom. The number of carbonyl (C=O) groups excluding carboxylic acids is 3. The van der Waals surface area contributed by atoms with Crippen molar-refractivity contribution in [2.75, 3.05) is 13.1 Å². The zero-order valence-electron chi connectivity index (χ0n) is 18.5. The van der Waals surface area contributed by atoms with Crippen molar-refractivity contribution in [3.05, 3.63) is 39.4 Å². The van der Waals surface area contributed by atoms with E-state index >= 15 is 0 Å². The SMILES string of the molecule is CCCC1(CCC)NC(=O)N(CC(=O)N(CC)Cc2nc3cc(Cl)ccc3c(=O)[nH]2)C1=O. The molecule has 0 bridgehead atoms. The minimum absolute atomic E-state index is 0.0335. The number of hydrogen-bond acceptors (Lipinski definition) is 5. The third-order valence-electron chi connectivity index (χ3n) is 5.69. The van der Waals surface area contributed by atoms with Gasteiger partial charge in [0.05, 0.1) is 17.4 Å². The van der Waals surface area contributed by atoms with Crippen LogP contribution in [0.3, 0.4) is 0 Å². The summed E-state index contributed by atoms with van der Waals surface area (Å²) in [5, 5.41) is 3.66. The van der Waals surface area contributed by atoms with E-state index in [9.17, 15) is 19.2 Å². The highest BCUT2D eigenvalue weighted by Gasteiger charge is 2.50. The molecular formula is C22H28ClN5O4. The minimum Gasteiger partial charge on any atom is -0.334 e. The first-order valence-electron chi connectivity index (χ1n) is 10.8. The van der Waals surface area contributed by atoms with Crippen LogP contribution in [0, 0.1) is 0 Å². The number of aromatic nitrogens is 2. The molecule has 2 aromatic rings. The van der Waals surface area contributed by atoms with Crippen molar-refractivity contribution >= 4 is 40.3 Å². The van der Waals surface area contributed by atoms with Gasteiger partial charge in [-0.15, -0.1) is 0 Å². The fraction of sp³-hybridized carbons (Fsp3) is 0.500. The van der Waals surface area contributed by atoms with Gasteiger partial charge < -0.3 is 15.2 Å². The van der Waals surface area contributed by atoms with Crippen LogP contribution in [-0.2, 0) is 16.1 Å². The molecule has 1 aromatic carbocycles. The van der Waals surface area contributed by atoms with Crippen molar-refractivity contribution < 1.29 is 14.4 Å². The summed E-state index contributed by atoms with van der Waals surface area (Å²) in [6.07, 6.45) is 2.52. The van der Waals surface area contributed by atoms with Crippen LogP contribution < -0.4 is 10.9 Å². The summed E-state index contributed by atoms with van der Waals surface area (Å²) >= 11 is 6.01. The van der Waals surface area contributed by atoms with Crippen molar-refractivity contribution in [1.29, 1.82) is 0 Å². The number of benzene rings is 1. The van der Waals surface area contributed by atoms with Crippen LogP contribution in [0.25, 0.3) is 10.9 Å². The number of carbonyl (C=O) groups is 3. The first kappa shape index (κ1) is 23.7. The van der Waals surface area contributed by atoms with Crippen molar-refractivity contribution in [3.63, 3.8) is 0 Å². The van der Waals surface area contributed by atoms with Crippen LogP contribution in [0.1, 0.15) is 52.3 Å². The number of rotatable bonds is 9. The fourth-order valence-electron chi connectivity index (χ4n) is 4.17. The molecule has 172 valence electrons. The number of H-pyrrole nitrogens is 1. The maximum atomic E-state index is 13.0. The van der Waals surface area contributed by atoms with E-state index in [-0.39, 0.29) is 24.6 Å². The highest BCUT2D eigenvalue weighted by molar-refractivity contribution is 6.31. The zero-order valence-corrected chi connectivity index (χ0v) is 19.3. The number of halogens is 1. The minimum atomic E-state index is -0.942. The molecule has 2 heterocycles. The summed E-state index contributed by atoms with van der Waals surface area (Å²) in [4.78, 5) is 60.4. The second kappa shape index (κ2) is 9.68. The molecule has 0 saturated carbocycles. The first-order valence-corrected chi connectivity index (χ1v) is 11.2. The van der Waals surface area contributed by atoms with Crippen molar-refractivity contribution in [2.45, 2.75) is 58.5 Å². The quantitative estimate of drug-likeness (QED) is 0.557. The number of hydrogen-bond donors (Lipinski definition) is 2. The lowest BCUT2D eigenvalue weighted by molar-refractivity contribution is -0.139. The van der Waals surface area contributed by atoms with Gasteiger partial charge in [0, 0.05) is 11.6 Å². The fourth-order valence-corrected chi connectivity index (χ4v) is 4.33. The number of fused-ring (bicyclic) bond motifs is 1. The van der Waals surface area contributed by atoms with Crippen LogP contribution in [-0.4, -0.2) is 56.2 Å². The molecule has 1 aliphatic rings. The van der Waals surface area contributed by atoms with Gasteiger partial charge in [-0.2, -0.15) is 0 Å². The molecule has 1 aromatic heterocycles. The molecule has 9 nitrogen and oxygen atoms in total. The van der Waals surface area contributed by atoms with E-state index in [0.29, 0.717) is 41.1 Å². The van der Waals surface area contributed by atoms with Crippen LogP contribution in [0.4, 0.5) is 4.79 Å². The van der Waals surface area contributed by atoms with E-state index in [1.807, 2.05) is 13.8 Å². The molecule has 0 radical (unpaired) electrons. The lowest BCUT2D eigenvalue weighted by Crippen LogP contribution is -2.48. The molecular weight excluding hydrogens is 434 g/mol. The van der Waals surface area contributed by atoms with E-state index < -0.39 is 17.5 Å². The van der Waals surface area contributed by atoms with Gasteiger partial charge >= 0.3 is 6.03 Å². The van der Waals surface area contributed by atoms with E-state index in [2.05, 4.69) is 15.3 Å². The predicted octanol–water partition coefficient (Wildman–Crippen LogP) is 2.82. The molecule has 1 aliphatic heterocycles. The molecule has 0 atom stereocenters. The standard InChI is InChI=1S/C22H28ClN5O4/c1-4-9-22(10-5-2)20(31)28(21(32)26-22)13-18(29)27(6-3)12-17-24-16-11-14(23)7-8-15(16)19(30)25-17/h7-8,11H,4-6,9-10,12-13H2,1-3H3,(H,26,32)(H,24,25,30). The van der Waals surface area contributed by atoms with Gasteiger partial charge in [-0.1, -0.05) is 38.3 Å². The summed E-state index contributed by atoms with van der Waals surface area (Å²) in [5.41, 5.74) is -0.844. The number of likely N-dealkylation sites (N-methyl/N-ethyl adjacent to an activating group) is 1. The molecule has 32 heavy (non-hydrogen) atoms. The Bertz CT molecular complexity index is 1090. The number of nitrogens with zero attached hydrogens (tertiary/aromatic N) is 3. The Morgan fingerprint density at radius 3 is 2.47 bits per heavy atom. The van der Waals surface area contributed by atoms with Crippen molar-refractivity contribution in [3.8, 4) is 0 Å². The van der Waals surface area contributed by atoms with Crippen LogP contribution >= 0.6 is 11.6 Å². The summed E-state index contributed by atoms with van der Waals surface area (Å²) in [6, 6.07) is 4.24. The largest absolute Gasteiger partial charge is 0.334 e. The van der Waals surface area contributed by atoms with Crippen LogP contribution in [0.5, 0.6) is 0 Å². The van der Waals surface area contributed by atoms with Gasteiger partial charge in [0.25, 0.3) is 11.5 Å². The molecule has 0 unspecified atom stereocenters. The Morgan fingerprint density at radius 1 is 1.16 bits per heavy atom. The summed E-state index contributed by atoms with van der Waals surface area (Å²) in [7, 11) is 0. The van der Waals surface area contributed by atoms with Gasteiger partial charge in [-0.05, 0) is 38.0 Å². The predicted molar refractivity (Wildman–Crippen MR) is 121 cm³/mol. The molecule has 3 rings (SSSR count). The molecule has 4 amide bonds. The molecule has 1 fully saturated rings. The van der Waals surface area contributed by atoms with E-state index in [0.717, 1.165) is 17.7 Å². The Hall–Kier alpha value is -2.94. The van der Waals surface area contributed by atoms with E-state index in [1.54, 1.807) is 25.1 Å². The van der Waals surface area contributed by atoms with Gasteiger partial charge in [0.2, 0.25) is 5.91 Å². The van der Waals surface area contributed by atoms with Crippen molar-refractivity contribution in [1.82, 2.24) is 25.1 Å². The monoisotopic (exact) mass is 461 g/mol. The average Bonchev–Trinajstić information content (AvgIpc) is 2.96. The molecule has 2 N–H and O–H groups in total. The third-order valence-corrected chi connectivity index (χ3v) is 5.92. The molecule has 1 saturated heterocycles. The summed E-state index contributed by atoms with van der Waals surface area (Å²) in [6.45, 7) is 5.66. The summed E-state index contributed by atoms with van der Waals surface area (Å²) in [5.74, 6) is -0.473. The van der Waals surface area contributed by atoms with Crippen LogP contribution in [0.2, 0.25) is 5.02 Å². The normalized spacial score (nSPS) is 15.3. The number of aromatic amines is 1. The summed E-state index contributed by atoms with van der Waals surface area (Å²) < 4.78 is 0. The van der Waals surface area contributed by atoms with Gasteiger partial charge in [0.15, 0.2) is 0 Å². The van der Waals surface area contributed by atoms with Gasteiger partial charge in [0.1, 0.15) is 17.9 Å².